The Morgan fingerprint density at radius 3 is 2.14 bits per heavy atom. The van der Waals surface area contributed by atoms with Crippen molar-refractivity contribution in [3.63, 3.8) is 0 Å². The normalized spacial score (nSPS) is 38.7. The van der Waals surface area contributed by atoms with E-state index in [1.807, 2.05) is 27.7 Å². The van der Waals surface area contributed by atoms with Gasteiger partial charge in [0, 0.05) is 30.6 Å². The number of fused-ring (bicyclic) bond motifs is 1. The first-order chi connectivity index (χ1) is 13.0. The second-order valence-electron chi connectivity index (χ2n) is 10.6. The predicted octanol–water partition coefficient (Wildman–Crippen LogP) is 2.15. The van der Waals surface area contributed by atoms with Crippen molar-refractivity contribution in [1.82, 2.24) is 0 Å². The van der Waals surface area contributed by atoms with Gasteiger partial charge in [0.25, 0.3) is 0 Å². The highest BCUT2D eigenvalue weighted by atomic mass is 16.6. The molecule has 0 radical (unpaired) electrons. The summed E-state index contributed by atoms with van der Waals surface area (Å²) < 4.78 is 0. The van der Waals surface area contributed by atoms with Crippen molar-refractivity contribution >= 4 is 11.8 Å². The van der Waals surface area contributed by atoms with Gasteiger partial charge in [-0.05, 0) is 35.5 Å². The van der Waals surface area contributed by atoms with Gasteiger partial charge in [-0.25, -0.2) is 0 Å². The molecule has 168 valence electrons. The maximum atomic E-state index is 13.4. The molecule has 2 saturated carbocycles. The summed E-state index contributed by atoms with van der Waals surface area (Å²) in [7, 11) is 0. The minimum atomic E-state index is -2.90. The summed E-state index contributed by atoms with van der Waals surface area (Å²) >= 11 is 0. The largest absolute Gasteiger partial charge is 0.481 e. The van der Waals surface area contributed by atoms with Crippen molar-refractivity contribution in [2.75, 3.05) is 0 Å². The van der Waals surface area contributed by atoms with Gasteiger partial charge in [-0.2, -0.15) is 0 Å². The Morgan fingerprint density at radius 2 is 1.66 bits per heavy atom. The molecule has 0 saturated heterocycles. The average molecular weight is 415 g/mol. The Labute approximate surface area is 173 Å². The first-order valence-electron chi connectivity index (χ1n) is 10.7. The first-order valence-corrected chi connectivity index (χ1v) is 10.7. The van der Waals surface area contributed by atoms with E-state index in [-0.39, 0.29) is 36.9 Å². The number of carbonyl (C=O) groups is 2. The number of hydrogen-bond donors (Lipinski definition) is 5. The number of Topliss-reactive ketones (excluding diaryl/α,β-unsaturated/α-hetero) is 1. The van der Waals surface area contributed by atoms with E-state index in [1.54, 1.807) is 13.8 Å². The molecule has 2 fully saturated rings. The van der Waals surface area contributed by atoms with Crippen LogP contribution in [0.15, 0.2) is 0 Å². The van der Waals surface area contributed by atoms with Crippen molar-refractivity contribution in [3.05, 3.63) is 0 Å². The van der Waals surface area contributed by atoms with Crippen LogP contribution >= 0.6 is 0 Å². The molecule has 0 amide bonds. The van der Waals surface area contributed by atoms with Crippen LogP contribution in [0.1, 0.15) is 73.6 Å². The molecule has 6 atom stereocenters. The summed E-state index contributed by atoms with van der Waals surface area (Å²) in [4.78, 5) is 24.9. The lowest BCUT2D eigenvalue weighted by molar-refractivity contribution is -0.448. The van der Waals surface area contributed by atoms with Gasteiger partial charge in [0.2, 0.25) is 11.6 Å². The molecule has 0 spiro atoms. The smallest absolute Gasteiger partial charge is 0.303 e. The number of hydrogen-bond acceptors (Lipinski definition) is 6. The van der Waals surface area contributed by atoms with Crippen LogP contribution in [0.3, 0.4) is 0 Å². The van der Waals surface area contributed by atoms with Crippen molar-refractivity contribution in [3.8, 4) is 0 Å². The third-order valence-corrected chi connectivity index (χ3v) is 8.16. The van der Waals surface area contributed by atoms with E-state index in [4.69, 9.17) is 0 Å². The minimum Gasteiger partial charge on any atom is -0.481 e. The van der Waals surface area contributed by atoms with Crippen molar-refractivity contribution in [2.24, 2.45) is 40.4 Å². The van der Waals surface area contributed by atoms with E-state index in [9.17, 15) is 35.1 Å². The lowest BCUT2D eigenvalue weighted by atomic mass is 9.40. The molecular weight excluding hydrogens is 376 g/mol. The van der Waals surface area contributed by atoms with Crippen molar-refractivity contribution in [1.29, 1.82) is 0 Å². The third kappa shape index (κ3) is 3.75. The molecule has 0 aromatic heterocycles. The van der Waals surface area contributed by atoms with E-state index >= 15 is 0 Å². The monoisotopic (exact) mass is 414 g/mol. The molecule has 7 nitrogen and oxygen atoms in total. The van der Waals surface area contributed by atoms with Crippen LogP contribution in [-0.4, -0.2) is 48.9 Å². The number of aliphatic carboxylic acids is 1. The number of aliphatic hydroxyl groups is 4. The Hall–Kier alpha value is -1.02. The van der Waals surface area contributed by atoms with Crippen LogP contribution in [0.4, 0.5) is 0 Å². The Balaban J connectivity index is 2.66. The van der Waals surface area contributed by atoms with Gasteiger partial charge in [-0.1, -0.05) is 48.0 Å². The maximum Gasteiger partial charge on any atom is 0.303 e. The minimum absolute atomic E-state index is 0.0907. The highest BCUT2D eigenvalue weighted by Gasteiger charge is 2.74. The van der Waals surface area contributed by atoms with Crippen LogP contribution in [0.5, 0.6) is 0 Å². The lowest BCUT2D eigenvalue weighted by Crippen LogP contribution is -2.76. The highest BCUT2D eigenvalue weighted by molar-refractivity contribution is 5.83. The zero-order valence-corrected chi connectivity index (χ0v) is 18.5. The summed E-state index contributed by atoms with van der Waals surface area (Å²) in [5.74, 6) is -8.83. The van der Waals surface area contributed by atoms with Crippen LogP contribution in [0.25, 0.3) is 0 Å². The molecule has 29 heavy (non-hydrogen) atoms. The molecule has 0 bridgehead atoms. The fraction of sp³-hybridized carbons (Fsp3) is 0.909. The molecule has 5 N–H and O–H groups in total. The fourth-order valence-electron chi connectivity index (χ4n) is 6.44. The number of carboxylic acid groups (broad SMARTS) is 1. The summed E-state index contributed by atoms with van der Waals surface area (Å²) in [6, 6.07) is 0. The second kappa shape index (κ2) is 7.59. The van der Waals surface area contributed by atoms with Crippen LogP contribution < -0.4 is 0 Å². The molecule has 2 aliphatic carbocycles. The Bertz CT molecular complexity index is 654. The zero-order valence-electron chi connectivity index (χ0n) is 18.5. The maximum absolute atomic E-state index is 13.4. The Kier molecular flexibility index (Phi) is 6.35. The van der Waals surface area contributed by atoms with Gasteiger partial charge in [-0.3, -0.25) is 9.59 Å². The summed E-state index contributed by atoms with van der Waals surface area (Å²) in [6.07, 6.45) is 0.999. The lowest BCUT2D eigenvalue weighted by Gasteiger charge is -2.67. The molecule has 0 heterocycles. The second-order valence-corrected chi connectivity index (χ2v) is 10.6. The first kappa shape index (κ1) is 24.3. The van der Waals surface area contributed by atoms with E-state index in [2.05, 4.69) is 0 Å². The summed E-state index contributed by atoms with van der Waals surface area (Å²) in [5, 5.41) is 52.8. The van der Waals surface area contributed by atoms with Crippen molar-refractivity contribution in [2.45, 2.75) is 85.2 Å². The standard InChI is InChI=1S/C22H38O7/c1-7-12(2)8-15(23)18-13(3)14(10-17(24)25)9-16-19(4,5)11-21(26,27)22(28,29)20(16,18)6/h12-14,16,18,26-29H,7-11H2,1-6H3,(H,24,25)/t12-,13+,14+,16+,18-,20+/m1/s1. The Morgan fingerprint density at radius 1 is 1.10 bits per heavy atom. The number of carboxylic acids is 1. The van der Waals surface area contributed by atoms with Crippen LogP contribution in [0.2, 0.25) is 0 Å². The molecule has 0 unspecified atom stereocenters. The molecule has 0 aromatic carbocycles. The van der Waals surface area contributed by atoms with Gasteiger partial charge in [0.05, 0.1) is 0 Å². The summed E-state index contributed by atoms with van der Waals surface area (Å²) in [6.45, 7) is 10.9. The predicted molar refractivity (Wildman–Crippen MR) is 106 cm³/mol. The van der Waals surface area contributed by atoms with Crippen molar-refractivity contribution < 1.29 is 35.1 Å². The number of rotatable bonds is 6. The zero-order chi connectivity index (χ0) is 22.6. The molecule has 0 aliphatic heterocycles. The third-order valence-electron chi connectivity index (χ3n) is 8.16. The van der Waals surface area contributed by atoms with Crippen LogP contribution in [0, 0.1) is 40.4 Å². The number of ketones is 1. The fourth-order valence-corrected chi connectivity index (χ4v) is 6.44. The van der Waals surface area contributed by atoms with E-state index < -0.39 is 46.1 Å². The van der Waals surface area contributed by atoms with Gasteiger partial charge in [0.1, 0.15) is 5.78 Å². The van der Waals surface area contributed by atoms with Gasteiger partial charge >= 0.3 is 5.97 Å². The molecule has 0 aromatic rings. The average Bonchev–Trinajstić information content (AvgIpc) is 2.54. The van der Waals surface area contributed by atoms with E-state index in [1.165, 1.54) is 0 Å². The van der Waals surface area contributed by atoms with Gasteiger partial charge in [0.15, 0.2) is 0 Å². The highest BCUT2D eigenvalue weighted by Crippen LogP contribution is 2.67. The SMILES string of the molecule is CC[C@@H](C)CC(=O)[C@H]1[C@@H](C)[C@H](CC(=O)O)C[C@H]2C(C)(C)CC(O)(O)C(O)(O)[C@]12C. The number of carbonyl (C=O) groups excluding carboxylic acids is 1. The van der Waals surface area contributed by atoms with E-state index in [0.29, 0.717) is 6.42 Å². The van der Waals surface area contributed by atoms with E-state index in [0.717, 1.165) is 6.42 Å². The quantitative estimate of drug-likeness (QED) is 0.420. The molecular formula is C22H38O7. The van der Waals surface area contributed by atoms with Crippen LogP contribution in [-0.2, 0) is 9.59 Å². The molecule has 2 rings (SSSR count). The summed E-state index contributed by atoms with van der Waals surface area (Å²) in [5.41, 5.74) is -2.27. The molecule has 7 heteroatoms. The van der Waals surface area contributed by atoms with Gasteiger partial charge in [-0.15, -0.1) is 0 Å². The van der Waals surface area contributed by atoms with Gasteiger partial charge < -0.3 is 25.5 Å². The molecule has 2 aliphatic rings. The topological polar surface area (TPSA) is 135 Å².